The average Bonchev–Trinajstić information content (AvgIpc) is 2.52. The summed E-state index contributed by atoms with van der Waals surface area (Å²) in [5.74, 6) is 0. The molecule has 0 amide bonds. The molecule has 20 heavy (non-hydrogen) atoms. The predicted molar refractivity (Wildman–Crippen MR) is 89.2 cm³/mol. The second kappa shape index (κ2) is 4.01. The van der Waals surface area contributed by atoms with Gasteiger partial charge in [0.05, 0.1) is 0 Å². The smallest absolute Gasteiger partial charge is 0.0424 e. The lowest BCUT2D eigenvalue weighted by atomic mass is 9.92. The molecule has 98 valence electrons. The molecule has 4 aromatic rings. The molecule has 2 nitrogen and oxygen atoms in total. The van der Waals surface area contributed by atoms with E-state index in [2.05, 4.69) is 59.2 Å². The van der Waals surface area contributed by atoms with E-state index in [4.69, 9.17) is 0 Å². The van der Waals surface area contributed by atoms with Crippen LogP contribution in [-0.2, 0) is 0 Å². The number of rotatable bonds is 2. The molecule has 0 unspecified atom stereocenters. The van der Waals surface area contributed by atoms with Crippen molar-refractivity contribution in [3.63, 3.8) is 0 Å². The van der Waals surface area contributed by atoms with Gasteiger partial charge in [-0.2, -0.15) is 0 Å². The summed E-state index contributed by atoms with van der Waals surface area (Å²) < 4.78 is 0. The minimum atomic E-state index is 1.17. The summed E-state index contributed by atoms with van der Waals surface area (Å²) in [6.07, 6.45) is 0. The van der Waals surface area contributed by atoms with Gasteiger partial charge in [-0.05, 0) is 33.7 Å². The van der Waals surface area contributed by atoms with E-state index in [0.29, 0.717) is 0 Å². The lowest BCUT2D eigenvalue weighted by Crippen LogP contribution is -1.95. The maximum absolute atomic E-state index is 3.33. The van der Waals surface area contributed by atoms with Gasteiger partial charge in [-0.25, -0.2) is 0 Å². The normalized spacial score (nSPS) is 11.5. The van der Waals surface area contributed by atoms with Crippen molar-refractivity contribution in [2.24, 2.45) is 0 Å². The van der Waals surface area contributed by atoms with Crippen LogP contribution in [0.3, 0.4) is 0 Å². The van der Waals surface area contributed by atoms with Crippen molar-refractivity contribution in [3.8, 4) is 0 Å². The molecule has 4 aromatic carbocycles. The first kappa shape index (κ1) is 11.4. The van der Waals surface area contributed by atoms with Crippen LogP contribution in [0.1, 0.15) is 0 Å². The SMILES string of the molecule is CNc1cc2c(NC)ccc3ccc4cccc1c4c32. The molecule has 2 heteroatoms. The molecule has 0 radical (unpaired) electrons. The molecular weight excluding hydrogens is 244 g/mol. The minimum absolute atomic E-state index is 1.17. The quantitative estimate of drug-likeness (QED) is 0.512. The Kier molecular flexibility index (Phi) is 2.27. The number of hydrogen-bond donors (Lipinski definition) is 2. The van der Waals surface area contributed by atoms with Crippen molar-refractivity contribution in [2.75, 3.05) is 24.7 Å². The van der Waals surface area contributed by atoms with E-state index in [0.717, 1.165) is 0 Å². The van der Waals surface area contributed by atoms with E-state index in [1.165, 1.54) is 43.7 Å². The molecule has 4 rings (SSSR count). The maximum Gasteiger partial charge on any atom is 0.0424 e. The van der Waals surface area contributed by atoms with Gasteiger partial charge in [-0.15, -0.1) is 0 Å². The zero-order valence-corrected chi connectivity index (χ0v) is 11.6. The first-order chi connectivity index (χ1) is 9.83. The van der Waals surface area contributed by atoms with Crippen LogP contribution in [0.2, 0.25) is 0 Å². The third-order valence-electron chi connectivity index (χ3n) is 4.18. The first-order valence-electron chi connectivity index (χ1n) is 6.89. The summed E-state index contributed by atoms with van der Waals surface area (Å²) in [5.41, 5.74) is 2.35. The Morgan fingerprint density at radius 1 is 0.650 bits per heavy atom. The van der Waals surface area contributed by atoms with E-state index >= 15 is 0 Å². The zero-order valence-electron chi connectivity index (χ0n) is 11.6. The van der Waals surface area contributed by atoms with Crippen LogP contribution in [0.4, 0.5) is 11.4 Å². The topological polar surface area (TPSA) is 24.1 Å². The number of hydrogen-bond acceptors (Lipinski definition) is 2. The van der Waals surface area contributed by atoms with Gasteiger partial charge in [0, 0.05) is 36.2 Å². The molecule has 0 aliphatic heterocycles. The molecule has 0 aromatic heterocycles. The fourth-order valence-electron chi connectivity index (χ4n) is 3.24. The van der Waals surface area contributed by atoms with Gasteiger partial charge in [0.2, 0.25) is 0 Å². The van der Waals surface area contributed by atoms with Crippen molar-refractivity contribution in [3.05, 3.63) is 48.5 Å². The Morgan fingerprint density at radius 2 is 1.30 bits per heavy atom. The van der Waals surface area contributed by atoms with E-state index in [1.54, 1.807) is 0 Å². The third-order valence-corrected chi connectivity index (χ3v) is 4.18. The van der Waals surface area contributed by atoms with E-state index in [1.807, 2.05) is 14.1 Å². The molecule has 0 fully saturated rings. The molecule has 0 spiro atoms. The first-order valence-corrected chi connectivity index (χ1v) is 6.89. The summed E-state index contributed by atoms with van der Waals surface area (Å²) in [5, 5.41) is 14.5. The fourth-order valence-corrected chi connectivity index (χ4v) is 3.24. The van der Waals surface area contributed by atoms with Crippen LogP contribution in [0.5, 0.6) is 0 Å². The van der Waals surface area contributed by atoms with Crippen LogP contribution in [0.25, 0.3) is 32.3 Å². The van der Waals surface area contributed by atoms with Crippen molar-refractivity contribution in [2.45, 2.75) is 0 Å². The van der Waals surface area contributed by atoms with Crippen LogP contribution in [0.15, 0.2) is 48.5 Å². The minimum Gasteiger partial charge on any atom is -0.388 e. The number of benzene rings is 4. The van der Waals surface area contributed by atoms with Gasteiger partial charge in [0.15, 0.2) is 0 Å². The lowest BCUT2D eigenvalue weighted by Gasteiger charge is -2.16. The molecular formula is C18H16N2. The van der Waals surface area contributed by atoms with Gasteiger partial charge in [-0.3, -0.25) is 0 Å². The van der Waals surface area contributed by atoms with Gasteiger partial charge in [0.1, 0.15) is 0 Å². The maximum atomic E-state index is 3.33. The zero-order chi connectivity index (χ0) is 13.7. The Labute approximate surface area is 117 Å². The van der Waals surface area contributed by atoms with Gasteiger partial charge in [-0.1, -0.05) is 36.4 Å². The highest BCUT2D eigenvalue weighted by Crippen LogP contribution is 2.40. The molecule has 0 saturated heterocycles. The Bertz CT molecular complexity index is 910. The Balaban J connectivity index is 2.38. The monoisotopic (exact) mass is 260 g/mol. The highest BCUT2D eigenvalue weighted by molar-refractivity contribution is 6.27. The highest BCUT2D eigenvalue weighted by Gasteiger charge is 2.12. The standard InChI is InChI=1S/C18H16N2/c1-19-15-9-8-12-7-6-11-4-3-5-13-16(20-2)10-14(15)18(12)17(11)13/h3-10,19-20H,1-2H3. The van der Waals surface area contributed by atoms with Gasteiger partial charge in [0.25, 0.3) is 0 Å². The lowest BCUT2D eigenvalue weighted by molar-refractivity contribution is 1.53. The van der Waals surface area contributed by atoms with E-state index in [-0.39, 0.29) is 0 Å². The van der Waals surface area contributed by atoms with Crippen LogP contribution < -0.4 is 10.6 Å². The second-order valence-electron chi connectivity index (χ2n) is 5.15. The largest absolute Gasteiger partial charge is 0.388 e. The van der Waals surface area contributed by atoms with E-state index in [9.17, 15) is 0 Å². The number of anilines is 2. The van der Waals surface area contributed by atoms with Crippen molar-refractivity contribution < 1.29 is 0 Å². The number of nitrogens with one attached hydrogen (secondary N) is 2. The summed E-state index contributed by atoms with van der Waals surface area (Å²) in [7, 11) is 3.96. The molecule has 0 heterocycles. The van der Waals surface area contributed by atoms with Crippen LogP contribution >= 0.6 is 0 Å². The van der Waals surface area contributed by atoms with Crippen molar-refractivity contribution in [1.29, 1.82) is 0 Å². The molecule has 0 aliphatic carbocycles. The highest BCUT2D eigenvalue weighted by atomic mass is 14.8. The van der Waals surface area contributed by atoms with Crippen molar-refractivity contribution in [1.82, 2.24) is 0 Å². The molecule has 0 bridgehead atoms. The van der Waals surface area contributed by atoms with Gasteiger partial charge >= 0.3 is 0 Å². The third kappa shape index (κ3) is 1.33. The summed E-state index contributed by atoms with van der Waals surface area (Å²) >= 11 is 0. The Morgan fingerprint density at radius 3 is 2.05 bits per heavy atom. The molecule has 0 atom stereocenters. The molecule has 2 N–H and O–H groups in total. The van der Waals surface area contributed by atoms with Crippen LogP contribution in [-0.4, -0.2) is 14.1 Å². The summed E-state index contributed by atoms with van der Waals surface area (Å²) in [6, 6.07) is 17.5. The van der Waals surface area contributed by atoms with E-state index < -0.39 is 0 Å². The van der Waals surface area contributed by atoms with Crippen LogP contribution in [0, 0.1) is 0 Å². The molecule has 0 saturated carbocycles. The summed E-state index contributed by atoms with van der Waals surface area (Å²) in [6.45, 7) is 0. The fraction of sp³-hybridized carbons (Fsp3) is 0.111. The average molecular weight is 260 g/mol. The summed E-state index contributed by atoms with van der Waals surface area (Å²) in [4.78, 5) is 0. The Hall–Kier alpha value is -2.48. The predicted octanol–water partition coefficient (Wildman–Crippen LogP) is 4.67. The van der Waals surface area contributed by atoms with Crippen molar-refractivity contribution >= 4 is 43.7 Å². The molecule has 0 aliphatic rings. The second-order valence-corrected chi connectivity index (χ2v) is 5.15. The van der Waals surface area contributed by atoms with Gasteiger partial charge < -0.3 is 10.6 Å².